The first kappa shape index (κ1) is 20.3. The molecule has 2 aromatic carbocycles. The van der Waals surface area contributed by atoms with E-state index in [2.05, 4.69) is 5.32 Å². The molecule has 0 unspecified atom stereocenters. The van der Waals surface area contributed by atoms with Crippen molar-refractivity contribution in [2.45, 2.75) is 6.92 Å². The molecule has 0 saturated heterocycles. The lowest BCUT2D eigenvalue weighted by Gasteiger charge is -2.09. The maximum Gasteiger partial charge on any atom is 0.331 e. The number of nitrogens with one attached hydrogen (secondary N) is 1. The number of benzene rings is 2. The van der Waals surface area contributed by atoms with Gasteiger partial charge in [0.1, 0.15) is 11.5 Å². The Morgan fingerprint density at radius 1 is 1.11 bits per heavy atom. The number of rotatable bonds is 7. The molecule has 1 N–H and O–H groups in total. The van der Waals surface area contributed by atoms with Gasteiger partial charge in [-0.3, -0.25) is 4.79 Å². The molecule has 0 heterocycles. The lowest BCUT2D eigenvalue weighted by molar-refractivity contribution is -0.142. The number of ether oxygens (including phenoxy) is 3. The van der Waals surface area contributed by atoms with Gasteiger partial charge in [0.15, 0.2) is 6.61 Å². The fourth-order valence-corrected chi connectivity index (χ4v) is 2.38. The summed E-state index contributed by atoms with van der Waals surface area (Å²) in [4.78, 5) is 23.8. The van der Waals surface area contributed by atoms with E-state index in [0.717, 1.165) is 5.56 Å². The van der Waals surface area contributed by atoms with E-state index in [-0.39, 0.29) is 0 Å². The lowest BCUT2D eigenvalue weighted by atomic mass is 10.2. The van der Waals surface area contributed by atoms with Crippen LogP contribution < -0.4 is 14.8 Å². The number of carbonyl (C=O) groups excluding carboxylic acids is 2. The number of hydrogen-bond donors (Lipinski definition) is 1. The van der Waals surface area contributed by atoms with Crippen molar-refractivity contribution in [1.29, 1.82) is 0 Å². The number of anilines is 1. The SMILES string of the molecule is COc1cc(/C=C/C(=O)OCC(=O)Nc2cccc(Cl)c2C)cc(OC)c1. The summed E-state index contributed by atoms with van der Waals surface area (Å²) in [5.74, 6) is 0.0946. The second-order valence-corrected chi connectivity index (χ2v) is 5.95. The van der Waals surface area contributed by atoms with Gasteiger partial charge in [0.25, 0.3) is 5.91 Å². The largest absolute Gasteiger partial charge is 0.497 e. The number of halogens is 1. The van der Waals surface area contributed by atoms with Crippen LogP contribution in [0.4, 0.5) is 5.69 Å². The second kappa shape index (κ2) is 9.64. The summed E-state index contributed by atoms with van der Waals surface area (Å²) in [7, 11) is 3.08. The molecule has 27 heavy (non-hydrogen) atoms. The Kier molecular flexibility index (Phi) is 7.25. The van der Waals surface area contributed by atoms with Crippen LogP contribution in [0.1, 0.15) is 11.1 Å². The number of carbonyl (C=O) groups is 2. The van der Waals surface area contributed by atoms with E-state index in [1.165, 1.54) is 20.3 Å². The van der Waals surface area contributed by atoms with Gasteiger partial charge in [-0.05, 0) is 48.4 Å². The molecular weight excluding hydrogens is 370 g/mol. The average Bonchev–Trinajstić information content (AvgIpc) is 2.68. The Balaban J connectivity index is 1.91. The highest BCUT2D eigenvalue weighted by atomic mass is 35.5. The van der Waals surface area contributed by atoms with Gasteiger partial charge in [0.05, 0.1) is 14.2 Å². The fourth-order valence-electron chi connectivity index (χ4n) is 2.20. The maximum absolute atomic E-state index is 11.9. The van der Waals surface area contributed by atoms with E-state index in [0.29, 0.717) is 27.8 Å². The summed E-state index contributed by atoms with van der Waals surface area (Å²) in [5.41, 5.74) is 2.01. The maximum atomic E-state index is 11.9. The van der Waals surface area contributed by atoms with Crippen molar-refractivity contribution in [2.24, 2.45) is 0 Å². The Morgan fingerprint density at radius 3 is 2.41 bits per heavy atom. The van der Waals surface area contributed by atoms with E-state index >= 15 is 0 Å². The molecular formula is C20H20ClNO5. The monoisotopic (exact) mass is 389 g/mol. The standard InChI is InChI=1S/C20H20ClNO5/c1-13-17(21)5-4-6-18(13)22-19(23)12-27-20(24)8-7-14-9-15(25-2)11-16(10-14)26-3/h4-11H,12H2,1-3H3,(H,22,23)/b8-7+. The number of methoxy groups -OCH3 is 2. The summed E-state index contributed by atoms with van der Waals surface area (Å²) >= 11 is 6.00. The van der Waals surface area contributed by atoms with Gasteiger partial charge in [-0.2, -0.15) is 0 Å². The highest BCUT2D eigenvalue weighted by Gasteiger charge is 2.09. The topological polar surface area (TPSA) is 73.9 Å². The van der Waals surface area contributed by atoms with Crippen LogP contribution in [0.2, 0.25) is 5.02 Å². The minimum absolute atomic E-state index is 0.406. The first-order valence-electron chi connectivity index (χ1n) is 8.06. The van der Waals surface area contributed by atoms with Crippen molar-refractivity contribution in [3.63, 3.8) is 0 Å². The van der Waals surface area contributed by atoms with Gasteiger partial charge in [-0.15, -0.1) is 0 Å². The first-order chi connectivity index (χ1) is 12.9. The molecule has 0 spiro atoms. The molecule has 6 nitrogen and oxygen atoms in total. The van der Waals surface area contributed by atoms with Crippen molar-refractivity contribution < 1.29 is 23.8 Å². The molecule has 142 valence electrons. The normalized spacial score (nSPS) is 10.5. The molecule has 0 aliphatic carbocycles. The Labute approximate surface area is 162 Å². The third-order valence-electron chi connectivity index (χ3n) is 3.67. The smallest absolute Gasteiger partial charge is 0.331 e. The van der Waals surface area contributed by atoms with E-state index in [1.54, 1.807) is 49.4 Å². The molecule has 0 aliphatic heterocycles. The molecule has 7 heteroatoms. The van der Waals surface area contributed by atoms with E-state index < -0.39 is 18.5 Å². The lowest BCUT2D eigenvalue weighted by Crippen LogP contribution is -2.20. The molecule has 0 bridgehead atoms. The molecule has 2 aromatic rings. The predicted octanol–water partition coefficient (Wildman–Crippen LogP) is 3.86. The van der Waals surface area contributed by atoms with Crippen LogP contribution in [0.25, 0.3) is 6.08 Å². The Bertz CT molecular complexity index is 841. The number of amides is 1. The van der Waals surface area contributed by atoms with Crippen molar-refractivity contribution in [3.8, 4) is 11.5 Å². The predicted molar refractivity (Wildman–Crippen MR) is 104 cm³/mol. The third-order valence-corrected chi connectivity index (χ3v) is 4.08. The van der Waals surface area contributed by atoms with Gasteiger partial charge in [-0.1, -0.05) is 17.7 Å². The molecule has 0 radical (unpaired) electrons. The first-order valence-corrected chi connectivity index (χ1v) is 8.43. The van der Waals surface area contributed by atoms with Crippen LogP contribution in [0, 0.1) is 6.92 Å². The van der Waals surface area contributed by atoms with E-state index in [1.807, 2.05) is 0 Å². The van der Waals surface area contributed by atoms with Crippen molar-refractivity contribution in [3.05, 3.63) is 58.6 Å². The Morgan fingerprint density at radius 2 is 1.78 bits per heavy atom. The quantitative estimate of drug-likeness (QED) is 0.575. The zero-order valence-electron chi connectivity index (χ0n) is 15.2. The highest BCUT2D eigenvalue weighted by molar-refractivity contribution is 6.31. The van der Waals surface area contributed by atoms with Gasteiger partial charge in [-0.25, -0.2) is 4.79 Å². The van der Waals surface area contributed by atoms with Gasteiger partial charge in [0.2, 0.25) is 0 Å². The van der Waals surface area contributed by atoms with Crippen LogP contribution in [0.3, 0.4) is 0 Å². The van der Waals surface area contributed by atoms with Gasteiger partial charge < -0.3 is 19.5 Å². The van der Waals surface area contributed by atoms with Gasteiger partial charge in [0, 0.05) is 22.9 Å². The zero-order chi connectivity index (χ0) is 19.8. The summed E-state index contributed by atoms with van der Waals surface area (Å²) in [5, 5.41) is 3.20. The van der Waals surface area contributed by atoms with Crippen LogP contribution in [-0.4, -0.2) is 32.7 Å². The van der Waals surface area contributed by atoms with Crippen molar-refractivity contribution in [1.82, 2.24) is 0 Å². The molecule has 0 aliphatic rings. The van der Waals surface area contributed by atoms with E-state index in [9.17, 15) is 9.59 Å². The minimum atomic E-state index is -0.644. The molecule has 0 fully saturated rings. The summed E-state index contributed by atoms with van der Waals surface area (Å²) in [6, 6.07) is 10.4. The van der Waals surface area contributed by atoms with Crippen LogP contribution in [0.15, 0.2) is 42.5 Å². The third kappa shape index (κ3) is 6.04. The Hall–Kier alpha value is -2.99. The molecule has 0 atom stereocenters. The molecule has 1 amide bonds. The van der Waals surface area contributed by atoms with Crippen LogP contribution >= 0.6 is 11.6 Å². The zero-order valence-corrected chi connectivity index (χ0v) is 16.0. The average molecular weight is 390 g/mol. The summed E-state index contributed by atoms with van der Waals surface area (Å²) in [6.45, 7) is 1.38. The number of hydrogen-bond acceptors (Lipinski definition) is 5. The van der Waals surface area contributed by atoms with Crippen LogP contribution in [0.5, 0.6) is 11.5 Å². The summed E-state index contributed by atoms with van der Waals surface area (Å²) in [6.07, 6.45) is 2.78. The van der Waals surface area contributed by atoms with Crippen LogP contribution in [-0.2, 0) is 14.3 Å². The fraction of sp³-hybridized carbons (Fsp3) is 0.200. The number of esters is 1. The van der Waals surface area contributed by atoms with Crippen molar-refractivity contribution in [2.75, 3.05) is 26.1 Å². The minimum Gasteiger partial charge on any atom is -0.497 e. The van der Waals surface area contributed by atoms with Gasteiger partial charge >= 0.3 is 5.97 Å². The van der Waals surface area contributed by atoms with Crippen molar-refractivity contribution >= 4 is 35.2 Å². The highest BCUT2D eigenvalue weighted by Crippen LogP contribution is 2.24. The summed E-state index contributed by atoms with van der Waals surface area (Å²) < 4.78 is 15.3. The second-order valence-electron chi connectivity index (χ2n) is 5.55. The van der Waals surface area contributed by atoms with E-state index in [4.69, 9.17) is 25.8 Å². The molecule has 0 saturated carbocycles. The molecule has 2 rings (SSSR count). The molecule has 0 aromatic heterocycles.